The quantitative estimate of drug-likeness (QED) is 0.350. The summed E-state index contributed by atoms with van der Waals surface area (Å²) < 4.78 is 10.6. The molecule has 3 aromatic carbocycles. The lowest BCUT2D eigenvalue weighted by Gasteiger charge is -2.08. The Morgan fingerprint density at radius 3 is 2.03 bits per heavy atom. The number of nitrogens with one attached hydrogen (secondary N) is 2. The first kappa shape index (κ1) is 24.2. The van der Waals surface area contributed by atoms with Crippen LogP contribution in [0.5, 0.6) is 11.5 Å². The highest BCUT2D eigenvalue weighted by atomic mass is 16.5. The first-order valence-corrected chi connectivity index (χ1v) is 10.6. The Bertz CT molecular complexity index is 1140. The molecule has 34 heavy (non-hydrogen) atoms. The lowest BCUT2D eigenvalue weighted by atomic mass is 10.1. The molecule has 0 aliphatic heterocycles. The summed E-state index contributed by atoms with van der Waals surface area (Å²) in [6, 6.07) is 22.0. The second kappa shape index (κ2) is 12.0. The van der Waals surface area contributed by atoms with Crippen molar-refractivity contribution in [2.45, 2.75) is 13.3 Å². The van der Waals surface area contributed by atoms with Gasteiger partial charge in [0.25, 0.3) is 5.91 Å². The summed E-state index contributed by atoms with van der Waals surface area (Å²) in [6.45, 7) is 0.902. The number of carbonyl (C=O) groups is 4. The number of hydrogen-bond acceptors (Lipinski definition) is 6. The van der Waals surface area contributed by atoms with E-state index < -0.39 is 24.3 Å². The van der Waals surface area contributed by atoms with E-state index in [-0.39, 0.29) is 12.5 Å². The Balaban J connectivity index is 1.41. The van der Waals surface area contributed by atoms with Crippen LogP contribution in [0.4, 0.5) is 5.69 Å². The molecule has 8 nitrogen and oxygen atoms in total. The van der Waals surface area contributed by atoms with Gasteiger partial charge in [0.05, 0.1) is 0 Å². The Morgan fingerprint density at radius 2 is 1.38 bits per heavy atom. The number of carbonyl (C=O) groups excluding carboxylic acids is 4. The summed E-state index contributed by atoms with van der Waals surface area (Å²) in [5.74, 6) is -0.483. The molecule has 8 heteroatoms. The third-order valence-corrected chi connectivity index (χ3v) is 4.66. The standard InChI is InChI=1S/C26H24N2O6/c1-2-24(30)28-20-12-8-18(9-13-20)23(29)17-33-25(31)16-27-26(32)19-10-14-22(15-11-19)34-21-6-4-3-5-7-21/h3-15H,2,16-17H2,1H3,(H,27,32)(H,28,30). The van der Waals surface area contributed by atoms with Gasteiger partial charge in [0.1, 0.15) is 18.0 Å². The molecule has 0 saturated carbocycles. The van der Waals surface area contributed by atoms with Crippen LogP contribution in [0.3, 0.4) is 0 Å². The fourth-order valence-electron chi connectivity index (χ4n) is 2.82. The van der Waals surface area contributed by atoms with Crippen molar-refractivity contribution in [1.82, 2.24) is 5.32 Å². The van der Waals surface area contributed by atoms with E-state index in [0.29, 0.717) is 34.7 Å². The summed E-state index contributed by atoms with van der Waals surface area (Å²) in [4.78, 5) is 47.8. The number of ether oxygens (including phenoxy) is 2. The van der Waals surface area contributed by atoms with Crippen molar-refractivity contribution >= 4 is 29.3 Å². The number of benzene rings is 3. The van der Waals surface area contributed by atoms with Crippen LogP contribution >= 0.6 is 0 Å². The molecule has 2 amide bonds. The van der Waals surface area contributed by atoms with E-state index in [1.165, 1.54) is 12.1 Å². The molecule has 2 N–H and O–H groups in total. The zero-order chi connectivity index (χ0) is 24.3. The van der Waals surface area contributed by atoms with E-state index in [2.05, 4.69) is 10.6 Å². The van der Waals surface area contributed by atoms with Crippen LogP contribution in [-0.4, -0.2) is 36.7 Å². The minimum Gasteiger partial charge on any atom is -0.457 e. The predicted molar refractivity (Wildman–Crippen MR) is 126 cm³/mol. The largest absolute Gasteiger partial charge is 0.457 e. The zero-order valence-corrected chi connectivity index (χ0v) is 18.6. The fraction of sp³-hybridized carbons (Fsp3) is 0.154. The smallest absolute Gasteiger partial charge is 0.325 e. The van der Waals surface area contributed by atoms with Crippen LogP contribution in [0, 0.1) is 0 Å². The maximum atomic E-state index is 12.3. The molecule has 3 aromatic rings. The van der Waals surface area contributed by atoms with E-state index in [9.17, 15) is 19.2 Å². The number of hydrogen-bond donors (Lipinski definition) is 2. The number of ketones is 1. The van der Waals surface area contributed by atoms with Gasteiger partial charge in [-0.3, -0.25) is 19.2 Å². The minimum absolute atomic E-state index is 0.133. The summed E-state index contributed by atoms with van der Waals surface area (Å²) in [7, 11) is 0. The van der Waals surface area contributed by atoms with Crippen molar-refractivity contribution < 1.29 is 28.7 Å². The Morgan fingerprint density at radius 1 is 0.765 bits per heavy atom. The van der Waals surface area contributed by atoms with Gasteiger partial charge >= 0.3 is 5.97 Å². The van der Waals surface area contributed by atoms with Gasteiger partial charge in [-0.25, -0.2) is 0 Å². The van der Waals surface area contributed by atoms with Crippen LogP contribution < -0.4 is 15.4 Å². The normalized spacial score (nSPS) is 10.1. The second-order valence-corrected chi connectivity index (χ2v) is 7.19. The summed E-state index contributed by atoms with van der Waals surface area (Å²) in [5, 5.41) is 5.14. The highest BCUT2D eigenvalue weighted by Gasteiger charge is 2.13. The predicted octanol–water partition coefficient (Wildman–Crippen LogP) is 3.98. The van der Waals surface area contributed by atoms with E-state index >= 15 is 0 Å². The third-order valence-electron chi connectivity index (χ3n) is 4.66. The minimum atomic E-state index is -0.738. The van der Waals surface area contributed by atoms with Crippen LogP contribution in [0.25, 0.3) is 0 Å². The Hall–Kier alpha value is -4.46. The number of para-hydroxylation sites is 1. The fourth-order valence-corrected chi connectivity index (χ4v) is 2.82. The van der Waals surface area contributed by atoms with Crippen LogP contribution in [0.15, 0.2) is 78.9 Å². The van der Waals surface area contributed by atoms with Crippen molar-refractivity contribution in [1.29, 1.82) is 0 Å². The molecule has 0 fully saturated rings. The average molecular weight is 460 g/mol. The molecule has 174 valence electrons. The SMILES string of the molecule is CCC(=O)Nc1ccc(C(=O)COC(=O)CNC(=O)c2ccc(Oc3ccccc3)cc2)cc1. The van der Waals surface area contributed by atoms with Crippen molar-refractivity contribution in [2.24, 2.45) is 0 Å². The van der Waals surface area contributed by atoms with Crippen LogP contribution in [0.1, 0.15) is 34.1 Å². The second-order valence-electron chi connectivity index (χ2n) is 7.19. The first-order valence-electron chi connectivity index (χ1n) is 10.6. The van der Waals surface area contributed by atoms with Gasteiger partial charge in [0.15, 0.2) is 12.4 Å². The molecule has 0 unspecified atom stereocenters. The van der Waals surface area contributed by atoms with Crippen molar-refractivity contribution in [3.05, 3.63) is 90.0 Å². The third kappa shape index (κ3) is 7.30. The van der Waals surface area contributed by atoms with Gasteiger partial charge < -0.3 is 20.1 Å². The number of amides is 2. The molecule has 0 bridgehead atoms. The molecule has 0 spiro atoms. The van der Waals surface area contributed by atoms with E-state index in [1.54, 1.807) is 43.3 Å². The maximum absolute atomic E-state index is 12.3. The van der Waals surface area contributed by atoms with Crippen LogP contribution in [0.2, 0.25) is 0 Å². The Kier molecular flexibility index (Phi) is 8.51. The van der Waals surface area contributed by atoms with Crippen LogP contribution in [-0.2, 0) is 14.3 Å². The molecule has 3 rings (SSSR count). The number of Topliss-reactive ketones (excluding diaryl/α,β-unsaturated/α-hetero) is 1. The highest BCUT2D eigenvalue weighted by molar-refractivity contribution is 5.99. The van der Waals surface area contributed by atoms with Gasteiger partial charge in [-0.2, -0.15) is 0 Å². The van der Waals surface area contributed by atoms with E-state index in [4.69, 9.17) is 9.47 Å². The molecule has 0 heterocycles. The van der Waals surface area contributed by atoms with Crippen molar-refractivity contribution in [3.8, 4) is 11.5 Å². The van der Waals surface area contributed by atoms with Gasteiger partial charge in [0.2, 0.25) is 5.91 Å². The molecule has 0 aliphatic rings. The molecular formula is C26H24N2O6. The summed E-state index contributed by atoms with van der Waals surface area (Å²) >= 11 is 0. The van der Waals surface area contributed by atoms with E-state index in [0.717, 1.165) is 0 Å². The number of esters is 1. The zero-order valence-electron chi connectivity index (χ0n) is 18.6. The monoisotopic (exact) mass is 460 g/mol. The topological polar surface area (TPSA) is 111 Å². The lowest BCUT2D eigenvalue weighted by Crippen LogP contribution is -2.31. The summed E-state index contributed by atoms with van der Waals surface area (Å²) in [5.41, 5.74) is 1.26. The number of anilines is 1. The van der Waals surface area contributed by atoms with Crippen molar-refractivity contribution in [3.63, 3.8) is 0 Å². The van der Waals surface area contributed by atoms with Gasteiger partial charge in [0, 0.05) is 23.2 Å². The van der Waals surface area contributed by atoms with E-state index in [1.807, 2.05) is 30.3 Å². The molecule has 0 atom stereocenters. The molecule has 0 aromatic heterocycles. The van der Waals surface area contributed by atoms with Crippen molar-refractivity contribution in [2.75, 3.05) is 18.5 Å². The molecular weight excluding hydrogens is 436 g/mol. The van der Waals surface area contributed by atoms with Gasteiger partial charge in [-0.05, 0) is 60.7 Å². The summed E-state index contributed by atoms with van der Waals surface area (Å²) in [6.07, 6.45) is 0.348. The molecule has 0 saturated heterocycles. The average Bonchev–Trinajstić information content (AvgIpc) is 2.87. The maximum Gasteiger partial charge on any atom is 0.325 e. The molecule has 0 aliphatic carbocycles. The Labute approximate surface area is 196 Å². The molecule has 0 radical (unpaired) electrons. The van der Waals surface area contributed by atoms with Gasteiger partial charge in [-0.1, -0.05) is 25.1 Å². The van der Waals surface area contributed by atoms with Gasteiger partial charge in [-0.15, -0.1) is 0 Å². The lowest BCUT2D eigenvalue weighted by molar-refractivity contribution is -0.141. The highest BCUT2D eigenvalue weighted by Crippen LogP contribution is 2.21. The first-order chi connectivity index (χ1) is 16.4. The number of rotatable bonds is 10.